The highest BCUT2D eigenvalue weighted by atomic mass is 16.3. The van der Waals surface area contributed by atoms with Gasteiger partial charge in [-0.2, -0.15) is 5.10 Å². The summed E-state index contributed by atoms with van der Waals surface area (Å²) in [6.07, 6.45) is 3.82. The molecular formula is C34H28N4O3. The van der Waals surface area contributed by atoms with Crippen LogP contribution in [0.25, 0.3) is 44.9 Å². The zero-order valence-corrected chi connectivity index (χ0v) is 22.3. The highest BCUT2D eigenvalue weighted by Crippen LogP contribution is 2.33. The highest BCUT2D eigenvalue weighted by molar-refractivity contribution is 5.96. The number of amides is 1. The maximum absolute atomic E-state index is 12.4. The molecule has 2 heterocycles. The van der Waals surface area contributed by atoms with E-state index in [4.69, 9.17) is 9.40 Å². The molecule has 0 spiro atoms. The van der Waals surface area contributed by atoms with E-state index in [0.29, 0.717) is 48.4 Å². The van der Waals surface area contributed by atoms with Crippen molar-refractivity contribution in [3.63, 3.8) is 0 Å². The number of nitrogens with zero attached hydrogens (tertiary/aromatic N) is 2. The van der Waals surface area contributed by atoms with Gasteiger partial charge in [0.05, 0.1) is 17.5 Å². The van der Waals surface area contributed by atoms with Gasteiger partial charge in [-0.15, -0.1) is 0 Å². The molecule has 0 aliphatic rings. The molecule has 0 saturated carbocycles. The zero-order chi connectivity index (χ0) is 28.0. The van der Waals surface area contributed by atoms with Crippen molar-refractivity contribution in [2.45, 2.75) is 25.7 Å². The fourth-order valence-electron chi connectivity index (χ4n) is 4.80. The molecule has 0 atom stereocenters. The number of rotatable bonds is 10. The smallest absolute Gasteiger partial charge is 0.231 e. The van der Waals surface area contributed by atoms with E-state index in [-0.39, 0.29) is 11.7 Å². The first-order valence-electron chi connectivity index (χ1n) is 13.6. The standard InChI is InChI=1S/C34H28N4O3/c39-30(24-11-5-2-6-12-24)13-7-8-14-32(40)36-27-18-15-25(16-19-27)33-28(22-35-38-33)34-37-29-21-26(17-20-31(29)41-34)23-9-3-1-4-10-23/h1-6,9-12,15-22H,7-8,13-14H2,(H,35,38)(H,36,40). The summed E-state index contributed by atoms with van der Waals surface area (Å²) in [5.74, 6) is 0.514. The molecule has 0 fully saturated rings. The Balaban J connectivity index is 1.08. The molecule has 4 aromatic carbocycles. The second-order valence-corrected chi connectivity index (χ2v) is 9.85. The predicted molar refractivity (Wildman–Crippen MR) is 160 cm³/mol. The van der Waals surface area contributed by atoms with Crippen LogP contribution >= 0.6 is 0 Å². The molecule has 0 bridgehead atoms. The predicted octanol–water partition coefficient (Wildman–Crippen LogP) is 7.93. The molecule has 7 nitrogen and oxygen atoms in total. The number of Topliss-reactive ketones (excluding diaryl/α,β-unsaturated/α-hetero) is 1. The lowest BCUT2D eigenvalue weighted by molar-refractivity contribution is -0.116. The zero-order valence-electron chi connectivity index (χ0n) is 22.3. The fourth-order valence-corrected chi connectivity index (χ4v) is 4.80. The summed E-state index contributed by atoms with van der Waals surface area (Å²) in [6.45, 7) is 0. The van der Waals surface area contributed by atoms with Gasteiger partial charge >= 0.3 is 0 Å². The number of H-pyrrole nitrogens is 1. The number of aromatic amines is 1. The molecule has 0 aliphatic carbocycles. The Morgan fingerprint density at radius 3 is 2.24 bits per heavy atom. The summed E-state index contributed by atoms with van der Waals surface area (Å²) < 4.78 is 6.08. The Hall–Kier alpha value is -5.30. The number of hydrogen-bond acceptors (Lipinski definition) is 5. The minimum atomic E-state index is -0.0755. The molecule has 6 aromatic rings. The number of aromatic nitrogens is 3. The van der Waals surface area contributed by atoms with Crippen molar-refractivity contribution in [1.29, 1.82) is 0 Å². The molecule has 41 heavy (non-hydrogen) atoms. The van der Waals surface area contributed by atoms with Gasteiger partial charge in [0.15, 0.2) is 11.4 Å². The number of nitrogens with one attached hydrogen (secondary N) is 2. The summed E-state index contributed by atoms with van der Waals surface area (Å²) in [6, 6.07) is 32.9. The lowest BCUT2D eigenvalue weighted by Crippen LogP contribution is -2.11. The largest absolute Gasteiger partial charge is 0.436 e. The minimum Gasteiger partial charge on any atom is -0.436 e. The fraction of sp³-hybridized carbons (Fsp3) is 0.118. The van der Waals surface area contributed by atoms with Crippen LogP contribution < -0.4 is 5.32 Å². The molecule has 6 rings (SSSR count). The van der Waals surface area contributed by atoms with Crippen LogP contribution in [0.2, 0.25) is 0 Å². The van der Waals surface area contributed by atoms with Gasteiger partial charge in [0.1, 0.15) is 5.52 Å². The number of carbonyl (C=O) groups excluding carboxylic acids is 2. The molecule has 202 valence electrons. The van der Waals surface area contributed by atoms with E-state index >= 15 is 0 Å². The van der Waals surface area contributed by atoms with E-state index in [1.165, 1.54) is 0 Å². The average Bonchev–Trinajstić information content (AvgIpc) is 3.67. The SMILES string of the molecule is O=C(CCCCC(=O)c1ccccc1)Nc1ccc(-c2[nH]ncc2-c2nc3cc(-c4ccccc4)ccc3o2)cc1. The van der Waals surface area contributed by atoms with Gasteiger partial charge < -0.3 is 9.73 Å². The molecule has 0 aliphatic heterocycles. The normalized spacial score (nSPS) is 11.0. The average molecular weight is 541 g/mol. The van der Waals surface area contributed by atoms with Crippen LogP contribution in [-0.2, 0) is 4.79 Å². The van der Waals surface area contributed by atoms with Crippen molar-refractivity contribution < 1.29 is 14.0 Å². The molecular weight excluding hydrogens is 512 g/mol. The topological polar surface area (TPSA) is 101 Å². The summed E-state index contributed by atoms with van der Waals surface area (Å²) >= 11 is 0. The van der Waals surface area contributed by atoms with E-state index in [9.17, 15) is 9.59 Å². The van der Waals surface area contributed by atoms with Gasteiger partial charge in [0, 0.05) is 29.7 Å². The summed E-state index contributed by atoms with van der Waals surface area (Å²) in [5.41, 5.74) is 7.51. The van der Waals surface area contributed by atoms with Crippen molar-refractivity contribution in [3.05, 3.63) is 115 Å². The minimum absolute atomic E-state index is 0.0755. The number of fused-ring (bicyclic) bond motifs is 1. The third-order valence-electron chi connectivity index (χ3n) is 6.98. The van der Waals surface area contributed by atoms with Gasteiger partial charge in [0.25, 0.3) is 0 Å². The van der Waals surface area contributed by atoms with Gasteiger partial charge in [-0.05, 0) is 48.2 Å². The van der Waals surface area contributed by atoms with Crippen molar-refractivity contribution in [1.82, 2.24) is 15.2 Å². The Kier molecular flexibility index (Phi) is 7.49. The first-order chi connectivity index (χ1) is 20.1. The lowest BCUT2D eigenvalue weighted by atomic mass is 10.0. The van der Waals surface area contributed by atoms with Gasteiger partial charge in [-0.3, -0.25) is 14.7 Å². The van der Waals surface area contributed by atoms with E-state index in [1.54, 1.807) is 6.20 Å². The van der Waals surface area contributed by atoms with E-state index in [0.717, 1.165) is 33.5 Å². The Bertz CT molecular complexity index is 1790. The maximum atomic E-state index is 12.4. The van der Waals surface area contributed by atoms with Crippen LogP contribution in [0.1, 0.15) is 36.0 Å². The number of unbranched alkanes of at least 4 members (excludes halogenated alkanes) is 1. The van der Waals surface area contributed by atoms with Crippen LogP contribution in [0, 0.1) is 0 Å². The number of anilines is 1. The first-order valence-corrected chi connectivity index (χ1v) is 13.6. The maximum Gasteiger partial charge on any atom is 0.231 e. The number of benzene rings is 4. The molecule has 7 heteroatoms. The van der Waals surface area contributed by atoms with E-state index in [2.05, 4.69) is 27.6 Å². The molecule has 1 amide bonds. The van der Waals surface area contributed by atoms with Crippen LogP contribution in [-0.4, -0.2) is 26.9 Å². The highest BCUT2D eigenvalue weighted by Gasteiger charge is 2.17. The summed E-state index contributed by atoms with van der Waals surface area (Å²) in [5, 5.41) is 10.2. The molecule has 0 saturated heterocycles. The third kappa shape index (κ3) is 5.99. The van der Waals surface area contributed by atoms with Gasteiger partial charge in [0.2, 0.25) is 11.8 Å². The van der Waals surface area contributed by atoms with Crippen molar-refractivity contribution in [2.75, 3.05) is 5.32 Å². The van der Waals surface area contributed by atoms with E-state index in [1.807, 2.05) is 91.0 Å². The Morgan fingerprint density at radius 1 is 0.756 bits per heavy atom. The number of ketones is 1. The third-order valence-corrected chi connectivity index (χ3v) is 6.98. The van der Waals surface area contributed by atoms with Gasteiger partial charge in [-0.25, -0.2) is 4.98 Å². The second-order valence-electron chi connectivity index (χ2n) is 9.85. The monoisotopic (exact) mass is 540 g/mol. The summed E-state index contributed by atoms with van der Waals surface area (Å²) in [4.78, 5) is 29.4. The van der Waals surface area contributed by atoms with Crippen LogP contribution in [0.4, 0.5) is 5.69 Å². The van der Waals surface area contributed by atoms with Crippen LogP contribution in [0.3, 0.4) is 0 Å². The quantitative estimate of drug-likeness (QED) is 0.136. The van der Waals surface area contributed by atoms with E-state index < -0.39 is 0 Å². The molecule has 2 aromatic heterocycles. The number of oxazole rings is 1. The van der Waals surface area contributed by atoms with Crippen molar-refractivity contribution in [2.24, 2.45) is 0 Å². The molecule has 2 N–H and O–H groups in total. The van der Waals surface area contributed by atoms with Crippen LogP contribution in [0.5, 0.6) is 0 Å². The van der Waals surface area contributed by atoms with Crippen LogP contribution in [0.15, 0.2) is 114 Å². The van der Waals surface area contributed by atoms with Crippen molar-refractivity contribution >= 4 is 28.5 Å². The summed E-state index contributed by atoms with van der Waals surface area (Å²) in [7, 11) is 0. The Labute approximate surface area is 237 Å². The second kappa shape index (κ2) is 11.8. The molecule has 0 radical (unpaired) electrons. The molecule has 0 unspecified atom stereocenters. The van der Waals surface area contributed by atoms with Gasteiger partial charge in [-0.1, -0.05) is 78.9 Å². The number of hydrogen-bond donors (Lipinski definition) is 2. The first kappa shape index (κ1) is 26.0. The Morgan fingerprint density at radius 2 is 1.46 bits per heavy atom. The number of carbonyl (C=O) groups is 2. The lowest BCUT2D eigenvalue weighted by Gasteiger charge is -2.07. The van der Waals surface area contributed by atoms with Crippen molar-refractivity contribution in [3.8, 4) is 33.8 Å².